The summed E-state index contributed by atoms with van der Waals surface area (Å²) in [5, 5.41) is 0. The number of likely N-dealkylation sites (tertiary alicyclic amines) is 1. The van der Waals surface area contributed by atoms with Crippen molar-refractivity contribution in [2.75, 3.05) is 6.54 Å². The van der Waals surface area contributed by atoms with Crippen molar-refractivity contribution < 1.29 is 0 Å². The molecule has 0 N–H and O–H groups in total. The van der Waals surface area contributed by atoms with Crippen LogP contribution in [0.15, 0.2) is 0 Å². The fraction of sp³-hybridized carbons (Fsp3) is 0.950. The lowest BCUT2D eigenvalue weighted by atomic mass is 9.55. The van der Waals surface area contributed by atoms with Gasteiger partial charge in [-0.2, -0.15) is 0 Å². The van der Waals surface area contributed by atoms with Gasteiger partial charge in [0.2, 0.25) is 0 Å². The van der Waals surface area contributed by atoms with Crippen LogP contribution in [0.1, 0.15) is 79.6 Å². The van der Waals surface area contributed by atoms with Gasteiger partial charge in [-0.1, -0.05) is 70.9 Å². The number of hydrogen-bond donors (Lipinski definition) is 0. The minimum absolute atomic E-state index is 0.439. The zero-order valence-corrected chi connectivity index (χ0v) is 17.2. The Balaban J connectivity index is 2.32. The quantitative estimate of drug-likeness (QED) is 0.510. The molecule has 1 saturated heterocycles. The second kappa shape index (κ2) is 7.89. The molecule has 1 heterocycles. The number of piperidine rings is 1. The molecule has 3 heteroatoms. The predicted octanol–water partition coefficient (Wildman–Crippen LogP) is 5.10. The Labute approximate surface area is 151 Å². The molecule has 1 saturated carbocycles. The monoisotopic (exact) mass is 335 g/mol. The van der Waals surface area contributed by atoms with Crippen LogP contribution >= 0.6 is 12.2 Å². The van der Waals surface area contributed by atoms with Crippen molar-refractivity contribution in [2.24, 2.45) is 23.2 Å². The van der Waals surface area contributed by atoms with Gasteiger partial charge in [-0.05, 0) is 43.9 Å². The number of thiocarbonyl (C=S) groups is 1. The maximum absolute atomic E-state index is 6.03. The molecule has 4 unspecified atom stereocenters. The summed E-state index contributed by atoms with van der Waals surface area (Å²) in [6.45, 7) is 13.3. The summed E-state index contributed by atoms with van der Waals surface area (Å²) in [6.07, 6.45) is 9.64. The van der Waals surface area contributed by atoms with Crippen LogP contribution in [0.25, 0.3) is 0 Å². The van der Waals surface area contributed by atoms with Gasteiger partial charge in [0.15, 0.2) is 0 Å². The topological polar surface area (TPSA) is 3.24 Å². The van der Waals surface area contributed by atoms with Gasteiger partial charge in [0, 0.05) is 18.5 Å². The van der Waals surface area contributed by atoms with Crippen LogP contribution in [-0.4, -0.2) is 30.3 Å². The molecule has 0 aromatic rings. The highest BCUT2D eigenvalue weighted by Crippen LogP contribution is 2.51. The van der Waals surface area contributed by atoms with Gasteiger partial charge >= 0.3 is 0 Å². The van der Waals surface area contributed by atoms with Crippen molar-refractivity contribution in [1.29, 1.82) is 0 Å². The van der Waals surface area contributed by atoms with Crippen LogP contribution < -0.4 is 0 Å². The zero-order valence-electron chi connectivity index (χ0n) is 16.4. The molecule has 2 fully saturated rings. The summed E-state index contributed by atoms with van der Waals surface area (Å²) in [5.41, 5.74) is 0.439. The van der Waals surface area contributed by atoms with Crippen molar-refractivity contribution in [1.82, 2.24) is 4.90 Å². The largest absolute Gasteiger partial charge is 0.363 e. The predicted molar refractivity (Wildman–Crippen MR) is 109 cm³/mol. The Morgan fingerprint density at radius 1 is 1.09 bits per heavy atom. The zero-order chi connectivity index (χ0) is 17.2. The van der Waals surface area contributed by atoms with Gasteiger partial charge in [0.25, 0.3) is 0 Å². The van der Waals surface area contributed by atoms with Crippen molar-refractivity contribution in [3.63, 3.8) is 0 Å². The molecule has 1 aliphatic carbocycles. The highest BCUT2D eigenvalue weighted by Gasteiger charge is 2.46. The van der Waals surface area contributed by atoms with Crippen LogP contribution in [0.2, 0.25) is 5.82 Å². The summed E-state index contributed by atoms with van der Waals surface area (Å²) in [5.74, 6) is 3.02. The lowest BCUT2D eigenvalue weighted by Crippen LogP contribution is -2.52. The number of hydrogen-bond acceptors (Lipinski definition) is 1. The molecule has 132 valence electrons. The van der Waals surface area contributed by atoms with Crippen molar-refractivity contribution in [3.05, 3.63) is 0 Å². The Morgan fingerprint density at radius 3 is 2.35 bits per heavy atom. The summed E-state index contributed by atoms with van der Waals surface area (Å²) < 4.78 is 0. The van der Waals surface area contributed by atoms with Crippen LogP contribution in [-0.2, 0) is 0 Å². The van der Waals surface area contributed by atoms with Crippen LogP contribution in [0.5, 0.6) is 0 Å². The van der Waals surface area contributed by atoms with E-state index < -0.39 is 0 Å². The molecule has 0 aromatic carbocycles. The smallest absolute Gasteiger partial charge is 0.105 e. The van der Waals surface area contributed by atoms with Crippen molar-refractivity contribution in [2.45, 2.75) is 91.4 Å². The van der Waals surface area contributed by atoms with E-state index in [0.717, 1.165) is 17.7 Å². The number of fused-ring (bicyclic) bond motifs is 1. The molecule has 0 radical (unpaired) electrons. The van der Waals surface area contributed by atoms with Gasteiger partial charge in [0.1, 0.15) is 7.85 Å². The van der Waals surface area contributed by atoms with E-state index in [-0.39, 0.29) is 0 Å². The number of nitrogens with zero attached hydrogens (tertiary/aromatic N) is 1. The first-order valence-corrected chi connectivity index (χ1v) is 10.5. The molecular weight excluding hydrogens is 297 g/mol. The van der Waals surface area contributed by atoms with E-state index in [2.05, 4.69) is 47.4 Å². The Hall–Kier alpha value is -0.0451. The second-order valence-corrected chi connectivity index (χ2v) is 9.65. The third kappa shape index (κ3) is 4.14. The fourth-order valence-corrected chi connectivity index (χ4v) is 5.89. The Morgan fingerprint density at radius 2 is 1.74 bits per heavy atom. The number of rotatable bonds is 2. The molecule has 0 spiro atoms. The van der Waals surface area contributed by atoms with E-state index in [1.54, 1.807) is 0 Å². The SMILES string of the molecule is BC1CCCCCC2C(=S)N(C(C)C)CCC2C(C)(C(C)C)C1. The Bertz CT molecular complexity index is 408. The van der Waals surface area contributed by atoms with Gasteiger partial charge in [-0.3, -0.25) is 0 Å². The molecule has 1 nitrogen and oxygen atoms in total. The maximum Gasteiger partial charge on any atom is 0.105 e. The van der Waals surface area contributed by atoms with Crippen LogP contribution in [0, 0.1) is 23.2 Å². The van der Waals surface area contributed by atoms with E-state index in [1.165, 1.54) is 56.5 Å². The second-order valence-electron chi connectivity index (χ2n) is 9.23. The Kier molecular flexibility index (Phi) is 6.61. The molecule has 2 rings (SSSR count). The first-order valence-electron chi connectivity index (χ1n) is 10.1. The van der Waals surface area contributed by atoms with Gasteiger partial charge in [-0.15, -0.1) is 0 Å². The van der Waals surface area contributed by atoms with Crippen molar-refractivity contribution in [3.8, 4) is 0 Å². The van der Waals surface area contributed by atoms with E-state index >= 15 is 0 Å². The van der Waals surface area contributed by atoms with E-state index in [1.807, 2.05) is 0 Å². The van der Waals surface area contributed by atoms with Gasteiger partial charge in [0.05, 0.1) is 4.99 Å². The highest BCUT2D eigenvalue weighted by molar-refractivity contribution is 7.80. The van der Waals surface area contributed by atoms with E-state index in [9.17, 15) is 0 Å². The summed E-state index contributed by atoms with van der Waals surface area (Å²) in [7, 11) is 2.48. The van der Waals surface area contributed by atoms with Crippen LogP contribution in [0.3, 0.4) is 0 Å². The van der Waals surface area contributed by atoms with E-state index in [0.29, 0.717) is 17.4 Å². The normalized spacial score (nSPS) is 37.1. The highest BCUT2D eigenvalue weighted by atomic mass is 32.1. The average Bonchev–Trinajstić information content (AvgIpc) is 2.46. The van der Waals surface area contributed by atoms with Crippen molar-refractivity contribution >= 4 is 25.1 Å². The molecule has 0 bridgehead atoms. The average molecular weight is 335 g/mol. The lowest BCUT2D eigenvalue weighted by Gasteiger charge is -2.52. The molecule has 0 amide bonds. The molecular formula is C20H38BNS. The molecule has 1 aliphatic heterocycles. The molecule has 2 aliphatic rings. The summed E-state index contributed by atoms with van der Waals surface area (Å²) >= 11 is 6.03. The standard InChI is InChI=1S/C20H38BNS/c1-14(2)20(5)13-16(21)9-7-6-8-10-17-18(20)11-12-22(15(3)4)19(17)23/h14-18H,6-13,21H2,1-5H3. The minimum Gasteiger partial charge on any atom is -0.363 e. The summed E-state index contributed by atoms with van der Waals surface area (Å²) in [6, 6.07) is 0.558. The summed E-state index contributed by atoms with van der Waals surface area (Å²) in [4.78, 5) is 3.81. The third-order valence-electron chi connectivity index (χ3n) is 7.06. The first kappa shape index (κ1) is 19.3. The molecule has 23 heavy (non-hydrogen) atoms. The molecule has 0 aromatic heterocycles. The van der Waals surface area contributed by atoms with Crippen LogP contribution in [0.4, 0.5) is 0 Å². The van der Waals surface area contributed by atoms with E-state index in [4.69, 9.17) is 12.2 Å². The first-order chi connectivity index (χ1) is 10.8. The molecule has 4 atom stereocenters. The fourth-order valence-electron chi connectivity index (χ4n) is 5.30. The minimum atomic E-state index is 0.439. The lowest BCUT2D eigenvalue weighted by molar-refractivity contribution is 0.0368. The third-order valence-corrected chi connectivity index (χ3v) is 7.59. The van der Waals surface area contributed by atoms with Gasteiger partial charge in [-0.25, -0.2) is 0 Å². The van der Waals surface area contributed by atoms with Gasteiger partial charge < -0.3 is 4.90 Å². The maximum atomic E-state index is 6.03.